The first-order chi connectivity index (χ1) is 16.1. The van der Waals surface area contributed by atoms with E-state index in [2.05, 4.69) is 5.10 Å². The summed E-state index contributed by atoms with van der Waals surface area (Å²) in [5.41, 5.74) is 3.95. The summed E-state index contributed by atoms with van der Waals surface area (Å²) in [4.78, 5) is 17.7. The molecule has 0 amide bonds. The normalized spacial score (nSPS) is 11.6. The van der Waals surface area contributed by atoms with Gasteiger partial charge in [-0.1, -0.05) is 60.7 Å². The number of ether oxygens (including phenoxy) is 1. The molecule has 33 heavy (non-hydrogen) atoms. The van der Waals surface area contributed by atoms with E-state index in [1.165, 1.54) is 12.1 Å². The van der Waals surface area contributed by atoms with E-state index in [4.69, 9.17) is 9.73 Å². The Morgan fingerprint density at radius 3 is 2.12 bits per heavy atom. The van der Waals surface area contributed by atoms with Crippen LogP contribution in [0.5, 0.6) is 0 Å². The van der Waals surface area contributed by atoms with E-state index < -0.39 is 12.0 Å². The van der Waals surface area contributed by atoms with Crippen LogP contribution in [0.1, 0.15) is 23.7 Å². The third kappa shape index (κ3) is 5.60. The number of esters is 1. The summed E-state index contributed by atoms with van der Waals surface area (Å²) >= 11 is 0. The lowest BCUT2D eigenvalue weighted by Gasteiger charge is -2.14. The maximum atomic E-state index is 13.2. The second kappa shape index (κ2) is 10.5. The number of carbonyl (C=O) groups excluding carboxylic acids is 1. The van der Waals surface area contributed by atoms with Crippen LogP contribution in [0.25, 0.3) is 5.69 Å². The summed E-state index contributed by atoms with van der Waals surface area (Å²) < 4.78 is 20.2. The highest BCUT2D eigenvalue weighted by Gasteiger charge is 2.23. The molecule has 0 saturated heterocycles. The van der Waals surface area contributed by atoms with Crippen molar-refractivity contribution in [3.63, 3.8) is 0 Å². The van der Waals surface area contributed by atoms with Crippen LogP contribution in [0.4, 0.5) is 4.39 Å². The number of aromatic nitrogens is 2. The highest BCUT2D eigenvalue weighted by Crippen LogP contribution is 2.16. The maximum absolute atomic E-state index is 13.2. The van der Waals surface area contributed by atoms with Gasteiger partial charge >= 0.3 is 5.97 Å². The Kier molecular flexibility index (Phi) is 7.05. The molecule has 1 heterocycles. The van der Waals surface area contributed by atoms with Gasteiger partial charge in [0.25, 0.3) is 0 Å². The largest absolute Gasteiger partial charge is 0.464 e. The third-order valence-electron chi connectivity index (χ3n) is 5.08. The zero-order valence-electron chi connectivity index (χ0n) is 18.3. The molecule has 3 aromatic carbocycles. The fraction of sp³-hybridized carbons (Fsp3) is 0.148. The molecule has 0 aliphatic rings. The van der Waals surface area contributed by atoms with E-state index in [1.54, 1.807) is 29.9 Å². The Morgan fingerprint density at radius 2 is 1.55 bits per heavy atom. The Morgan fingerprint density at radius 1 is 0.939 bits per heavy atom. The van der Waals surface area contributed by atoms with E-state index in [9.17, 15) is 9.18 Å². The smallest absolute Gasteiger partial charge is 0.331 e. The number of benzene rings is 3. The molecule has 4 aromatic rings. The van der Waals surface area contributed by atoms with Gasteiger partial charge in [0.15, 0.2) is 6.04 Å². The van der Waals surface area contributed by atoms with Crippen molar-refractivity contribution >= 4 is 11.7 Å². The van der Waals surface area contributed by atoms with Crippen molar-refractivity contribution in [2.75, 3.05) is 6.61 Å². The minimum absolute atomic E-state index is 0.265. The standard InChI is InChI=1S/C27H24FN3O2/c1-2-33-27(32)25(19-23-17-18-31(30-23)24-15-13-22(28)14-16-24)29-26(20-9-5-3-6-10-20)21-11-7-4-8-12-21/h3-18,25H,2,19H2,1H3. The summed E-state index contributed by atoms with van der Waals surface area (Å²) in [5, 5.41) is 4.56. The van der Waals surface area contributed by atoms with Crippen LogP contribution >= 0.6 is 0 Å². The molecule has 0 bridgehead atoms. The van der Waals surface area contributed by atoms with Gasteiger partial charge in [0.05, 0.1) is 23.7 Å². The quantitative estimate of drug-likeness (QED) is 0.285. The summed E-state index contributed by atoms with van der Waals surface area (Å²) in [5.74, 6) is -0.713. The van der Waals surface area contributed by atoms with Crippen LogP contribution in [0, 0.1) is 5.82 Å². The monoisotopic (exact) mass is 441 g/mol. The van der Waals surface area contributed by atoms with Gasteiger partial charge in [-0.2, -0.15) is 5.10 Å². The summed E-state index contributed by atoms with van der Waals surface area (Å²) in [6.07, 6.45) is 2.06. The van der Waals surface area contributed by atoms with Crippen LogP contribution in [-0.4, -0.2) is 34.1 Å². The zero-order valence-corrected chi connectivity index (χ0v) is 18.3. The van der Waals surface area contributed by atoms with E-state index in [0.29, 0.717) is 11.4 Å². The van der Waals surface area contributed by atoms with Gasteiger partial charge in [0, 0.05) is 23.7 Å². The highest BCUT2D eigenvalue weighted by molar-refractivity contribution is 6.13. The average molecular weight is 442 g/mol. The fourth-order valence-electron chi connectivity index (χ4n) is 3.49. The summed E-state index contributed by atoms with van der Waals surface area (Å²) in [6.45, 7) is 2.04. The molecular formula is C27H24FN3O2. The molecule has 0 aliphatic heterocycles. The van der Waals surface area contributed by atoms with E-state index in [-0.39, 0.29) is 18.8 Å². The highest BCUT2D eigenvalue weighted by atomic mass is 19.1. The van der Waals surface area contributed by atoms with Crippen LogP contribution in [-0.2, 0) is 16.0 Å². The van der Waals surface area contributed by atoms with Crippen molar-refractivity contribution in [3.8, 4) is 5.69 Å². The number of halogens is 1. The van der Waals surface area contributed by atoms with Gasteiger partial charge in [-0.15, -0.1) is 0 Å². The molecule has 1 atom stereocenters. The van der Waals surface area contributed by atoms with Crippen LogP contribution in [0.15, 0.2) is 102 Å². The molecule has 0 radical (unpaired) electrons. The van der Waals surface area contributed by atoms with Crippen molar-refractivity contribution < 1.29 is 13.9 Å². The molecule has 0 spiro atoms. The second-order valence-electron chi connectivity index (χ2n) is 7.41. The van der Waals surface area contributed by atoms with Crippen molar-refractivity contribution in [1.29, 1.82) is 0 Å². The average Bonchev–Trinajstić information content (AvgIpc) is 3.32. The minimum Gasteiger partial charge on any atom is -0.464 e. The second-order valence-corrected chi connectivity index (χ2v) is 7.41. The lowest BCUT2D eigenvalue weighted by molar-refractivity contribution is -0.144. The summed E-state index contributed by atoms with van der Waals surface area (Å²) in [7, 11) is 0. The first-order valence-corrected chi connectivity index (χ1v) is 10.8. The van der Waals surface area contributed by atoms with Gasteiger partial charge in [-0.25, -0.2) is 13.9 Å². The fourth-order valence-corrected chi connectivity index (χ4v) is 3.49. The zero-order chi connectivity index (χ0) is 23.0. The van der Waals surface area contributed by atoms with Gasteiger partial charge in [-0.05, 0) is 37.3 Å². The molecule has 1 aromatic heterocycles. The van der Waals surface area contributed by atoms with E-state index in [0.717, 1.165) is 16.8 Å². The first-order valence-electron chi connectivity index (χ1n) is 10.8. The molecule has 0 aliphatic carbocycles. The number of nitrogens with zero attached hydrogens (tertiary/aromatic N) is 3. The molecule has 6 heteroatoms. The predicted octanol–water partition coefficient (Wildman–Crippen LogP) is 5.02. The van der Waals surface area contributed by atoms with Gasteiger partial charge in [-0.3, -0.25) is 4.99 Å². The molecule has 0 saturated carbocycles. The maximum Gasteiger partial charge on any atom is 0.331 e. The predicted molar refractivity (Wildman–Crippen MR) is 126 cm³/mol. The number of hydrogen-bond donors (Lipinski definition) is 0. The third-order valence-corrected chi connectivity index (χ3v) is 5.08. The van der Waals surface area contributed by atoms with Crippen LogP contribution in [0.2, 0.25) is 0 Å². The first kappa shape index (κ1) is 22.1. The summed E-state index contributed by atoms with van der Waals surface area (Å²) in [6, 6.07) is 26.7. The van der Waals surface area contributed by atoms with Crippen molar-refractivity contribution in [3.05, 3.63) is 120 Å². The molecular weight excluding hydrogens is 417 g/mol. The Bertz CT molecular complexity index is 1180. The van der Waals surface area contributed by atoms with Crippen LogP contribution < -0.4 is 0 Å². The van der Waals surface area contributed by atoms with E-state index in [1.807, 2.05) is 66.7 Å². The van der Waals surface area contributed by atoms with Crippen molar-refractivity contribution in [2.45, 2.75) is 19.4 Å². The van der Waals surface area contributed by atoms with Crippen molar-refractivity contribution in [1.82, 2.24) is 9.78 Å². The Balaban J connectivity index is 1.69. The molecule has 0 fully saturated rings. The number of aliphatic imine (C=N–C) groups is 1. The topological polar surface area (TPSA) is 56.5 Å². The molecule has 0 N–H and O–H groups in total. The molecule has 4 rings (SSSR count). The SMILES string of the molecule is CCOC(=O)C(Cc1ccn(-c2ccc(F)cc2)n1)N=C(c1ccccc1)c1ccccc1. The van der Waals surface area contributed by atoms with Crippen molar-refractivity contribution in [2.24, 2.45) is 4.99 Å². The Hall–Kier alpha value is -4.06. The van der Waals surface area contributed by atoms with Gasteiger partial charge in [0.2, 0.25) is 0 Å². The van der Waals surface area contributed by atoms with Crippen LogP contribution in [0.3, 0.4) is 0 Å². The van der Waals surface area contributed by atoms with E-state index >= 15 is 0 Å². The number of hydrogen-bond acceptors (Lipinski definition) is 4. The minimum atomic E-state index is -0.767. The number of carbonyl (C=O) groups is 1. The van der Waals surface area contributed by atoms with Gasteiger partial charge in [0.1, 0.15) is 5.82 Å². The lowest BCUT2D eigenvalue weighted by atomic mass is 10.0. The number of rotatable bonds is 8. The molecule has 1 unspecified atom stereocenters. The molecule has 166 valence electrons. The lowest BCUT2D eigenvalue weighted by Crippen LogP contribution is -2.26. The Labute approximate surface area is 192 Å². The van der Waals surface area contributed by atoms with Gasteiger partial charge < -0.3 is 4.74 Å². The molecule has 5 nitrogen and oxygen atoms in total.